The molecule has 3 aliphatic heterocycles. The summed E-state index contributed by atoms with van der Waals surface area (Å²) in [6.07, 6.45) is 3.24. The van der Waals surface area contributed by atoms with Crippen LogP contribution in [0.2, 0.25) is 0 Å². The predicted octanol–water partition coefficient (Wildman–Crippen LogP) is 2.64. The average Bonchev–Trinajstić information content (AvgIpc) is 3.19. The zero-order chi connectivity index (χ0) is 20.1. The van der Waals surface area contributed by atoms with Crippen LogP contribution in [0.25, 0.3) is 11.3 Å². The van der Waals surface area contributed by atoms with Gasteiger partial charge in [-0.1, -0.05) is 0 Å². The van der Waals surface area contributed by atoms with Crippen molar-refractivity contribution < 1.29 is 14.0 Å². The summed E-state index contributed by atoms with van der Waals surface area (Å²) in [7, 11) is 0. The monoisotopic (exact) mass is 414 g/mol. The topological polar surface area (TPSA) is 79.5 Å². The van der Waals surface area contributed by atoms with Gasteiger partial charge < -0.3 is 15.5 Å². The van der Waals surface area contributed by atoms with E-state index in [9.17, 15) is 14.0 Å². The second-order valence-electron chi connectivity index (χ2n) is 8.29. The number of thiazole rings is 1. The maximum Gasteiger partial charge on any atom is 0.240 e. The summed E-state index contributed by atoms with van der Waals surface area (Å²) in [5, 5.41) is 2.88. The lowest BCUT2D eigenvalue weighted by atomic mass is 9.72. The number of nitrogens with zero attached hydrogens (tertiary/aromatic N) is 3. The van der Waals surface area contributed by atoms with Gasteiger partial charge in [0, 0.05) is 42.4 Å². The first-order chi connectivity index (χ1) is 14.0. The number of carbonyl (C=O) groups excluding carboxylic acids is 2. The van der Waals surface area contributed by atoms with Crippen molar-refractivity contribution in [3.05, 3.63) is 35.5 Å². The molecule has 29 heavy (non-hydrogen) atoms. The highest BCUT2D eigenvalue weighted by Crippen LogP contribution is 2.43. The number of anilines is 1. The maximum atomic E-state index is 13.2. The number of primary amides is 1. The molecule has 2 aromatic rings. The fourth-order valence-corrected chi connectivity index (χ4v) is 6.20. The van der Waals surface area contributed by atoms with Crippen LogP contribution >= 0.6 is 11.3 Å². The molecule has 8 heteroatoms. The molecule has 0 spiro atoms. The summed E-state index contributed by atoms with van der Waals surface area (Å²) in [5.41, 5.74) is 7.45. The van der Waals surface area contributed by atoms with Crippen molar-refractivity contribution in [2.45, 2.75) is 37.8 Å². The van der Waals surface area contributed by atoms with Crippen molar-refractivity contribution >= 4 is 28.3 Å². The van der Waals surface area contributed by atoms with Crippen molar-refractivity contribution in [3.63, 3.8) is 0 Å². The van der Waals surface area contributed by atoms with Gasteiger partial charge in [-0.25, -0.2) is 9.37 Å². The number of nitrogens with two attached hydrogens (primary N) is 1. The Balaban J connectivity index is 1.42. The lowest BCUT2D eigenvalue weighted by molar-refractivity contribution is -0.155. The number of rotatable bonds is 3. The van der Waals surface area contributed by atoms with Gasteiger partial charge in [0.2, 0.25) is 11.8 Å². The van der Waals surface area contributed by atoms with E-state index in [0.717, 1.165) is 42.2 Å². The highest BCUT2D eigenvalue weighted by Gasteiger charge is 2.51. The van der Waals surface area contributed by atoms with Gasteiger partial charge >= 0.3 is 0 Å². The summed E-state index contributed by atoms with van der Waals surface area (Å²) in [5.74, 6) is -0.241. The molecule has 1 aromatic heterocycles. The normalized spacial score (nSPS) is 28.9. The molecule has 152 valence electrons. The minimum Gasteiger partial charge on any atom is -0.368 e. The van der Waals surface area contributed by atoms with E-state index in [1.807, 2.05) is 10.3 Å². The lowest BCUT2D eigenvalue weighted by Gasteiger charge is -2.55. The summed E-state index contributed by atoms with van der Waals surface area (Å²) < 4.78 is 13.2. The van der Waals surface area contributed by atoms with E-state index in [0.29, 0.717) is 18.9 Å². The highest BCUT2D eigenvalue weighted by molar-refractivity contribution is 7.14. The predicted molar refractivity (Wildman–Crippen MR) is 109 cm³/mol. The molecule has 2 bridgehead atoms. The van der Waals surface area contributed by atoms with Crippen molar-refractivity contribution in [3.8, 4) is 11.3 Å². The van der Waals surface area contributed by atoms with Crippen LogP contribution < -0.4 is 10.6 Å². The largest absolute Gasteiger partial charge is 0.368 e. The maximum absolute atomic E-state index is 13.2. The molecule has 0 radical (unpaired) electrons. The molecule has 5 rings (SSSR count). The number of halogens is 1. The smallest absolute Gasteiger partial charge is 0.240 e. The quantitative estimate of drug-likeness (QED) is 0.837. The number of hydrogen-bond acceptors (Lipinski definition) is 5. The summed E-state index contributed by atoms with van der Waals surface area (Å²) >= 11 is 1.56. The molecular formula is C21H23FN4O2S. The molecule has 3 fully saturated rings. The van der Waals surface area contributed by atoms with Gasteiger partial charge in [-0.05, 0) is 49.4 Å². The van der Waals surface area contributed by atoms with Crippen LogP contribution in [-0.4, -0.2) is 46.9 Å². The molecule has 0 saturated carbocycles. The van der Waals surface area contributed by atoms with Crippen LogP contribution in [0.1, 0.15) is 25.7 Å². The number of fused-ring (bicyclic) bond motifs is 4. The van der Waals surface area contributed by atoms with Crippen molar-refractivity contribution in [1.82, 2.24) is 9.88 Å². The number of carbonyl (C=O) groups is 2. The first kappa shape index (κ1) is 18.5. The van der Waals surface area contributed by atoms with Crippen LogP contribution in [-0.2, 0) is 9.59 Å². The van der Waals surface area contributed by atoms with Crippen molar-refractivity contribution in [1.29, 1.82) is 0 Å². The van der Waals surface area contributed by atoms with Gasteiger partial charge in [0.05, 0.1) is 5.69 Å². The first-order valence-corrected chi connectivity index (χ1v) is 11.0. The SMILES string of the molecule is NC(=O)[C@H]1[C@@H]2C[C@@H](CN(c3nc(-c4ccc(F)cc4)cs3)C2)[C@@H]2CCCC(=O)N21. The molecule has 3 aliphatic rings. The van der Waals surface area contributed by atoms with Gasteiger partial charge in [0.1, 0.15) is 11.9 Å². The standard InChI is InChI=1S/C21H23FN4O2S/c22-15-6-4-12(5-7-15)16-11-29-21(24-16)25-9-13-8-14(10-25)19(20(23)28)26-17(13)2-1-3-18(26)27/h4-7,11,13-14,17,19H,1-3,8-10H2,(H2,23,28)/t13-,14+,17-,19+/m0/s1. The van der Waals surface area contributed by atoms with E-state index < -0.39 is 11.9 Å². The number of hydrogen-bond donors (Lipinski definition) is 1. The fraction of sp³-hybridized carbons (Fsp3) is 0.476. The third kappa shape index (κ3) is 3.19. The Labute approximate surface area is 172 Å². The molecule has 4 heterocycles. The van der Waals surface area contributed by atoms with E-state index in [1.165, 1.54) is 12.1 Å². The van der Waals surface area contributed by atoms with E-state index in [2.05, 4.69) is 4.90 Å². The number of amides is 2. The van der Waals surface area contributed by atoms with E-state index >= 15 is 0 Å². The highest BCUT2D eigenvalue weighted by atomic mass is 32.1. The minimum atomic E-state index is -0.525. The van der Waals surface area contributed by atoms with Crippen LogP contribution in [0.5, 0.6) is 0 Å². The van der Waals surface area contributed by atoms with E-state index in [4.69, 9.17) is 10.7 Å². The second-order valence-corrected chi connectivity index (χ2v) is 9.13. The first-order valence-electron chi connectivity index (χ1n) is 10.1. The Bertz CT molecular complexity index is 946. The van der Waals surface area contributed by atoms with E-state index in [1.54, 1.807) is 23.5 Å². The molecule has 2 N–H and O–H groups in total. The summed E-state index contributed by atoms with van der Waals surface area (Å²) in [6.45, 7) is 1.49. The molecule has 1 aromatic carbocycles. The number of aromatic nitrogens is 1. The zero-order valence-electron chi connectivity index (χ0n) is 16.0. The van der Waals surface area contributed by atoms with Gasteiger partial charge in [0.25, 0.3) is 0 Å². The van der Waals surface area contributed by atoms with Crippen LogP contribution in [0.4, 0.5) is 9.52 Å². The van der Waals surface area contributed by atoms with Crippen LogP contribution in [0.3, 0.4) is 0 Å². The molecule has 0 aliphatic carbocycles. The fourth-order valence-electron chi connectivity index (χ4n) is 5.34. The Hall–Kier alpha value is -2.48. The minimum absolute atomic E-state index is 0.0303. The lowest BCUT2D eigenvalue weighted by Crippen LogP contribution is -2.68. The summed E-state index contributed by atoms with van der Waals surface area (Å²) in [6, 6.07) is 5.90. The van der Waals surface area contributed by atoms with E-state index in [-0.39, 0.29) is 23.7 Å². The molecule has 2 amide bonds. The Kier molecular flexibility index (Phi) is 4.53. The molecule has 3 saturated heterocycles. The molecule has 6 nitrogen and oxygen atoms in total. The Morgan fingerprint density at radius 1 is 1.21 bits per heavy atom. The summed E-state index contributed by atoms with van der Waals surface area (Å²) in [4.78, 5) is 33.7. The molecule has 4 atom stereocenters. The zero-order valence-corrected chi connectivity index (χ0v) is 16.8. The third-order valence-corrected chi connectivity index (χ3v) is 7.44. The van der Waals surface area contributed by atoms with Crippen molar-refractivity contribution in [2.24, 2.45) is 17.6 Å². The second kappa shape index (κ2) is 7.09. The van der Waals surface area contributed by atoms with Gasteiger partial charge in [0.15, 0.2) is 5.13 Å². The van der Waals surface area contributed by atoms with Gasteiger partial charge in [-0.2, -0.15) is 0 Å². The Morgan fingerprint density at radius 3 is 2.72 bits per heavy atom. The van der Waals surface area contributed by atoms with Gasteiger partial charge in [-0.3, -0.25) is 9.59 Å². The van der Waals surface area contributed by atoms with Gasteiger partial charge in [-0.15, -0.1) is 11.3 Å². The van der Waals surface area contributed by atoms with Crippen molar-refractivity contribution in [2.75, 3.05) is 18.0 Å². The average molecular weight is 415 g/mol. The molecular weight excluding hydrogens is 391 g/mol. The number of benzene rings is 1. The van der Waals surface area contributed by atoms with Crippen LogP contribution in [0, 0.1) is 17.7 Å². The molecule has 0 unspecified atom stereocenters. The third-order valence-electron chi connectivity index (χ3n) is 6.54. The number of piperidine rings is 3. The van der Waals surface area contributed by atoms with Crippen LogP contribution in [0.15, 0.2) is 29.6 Å². The Morgan fingerprint density at radius 2 is 1.97 bits per heavy atom.